The first-order valence-electron chi connectivity index (χ1n) is 8.43. The maximum absolute atomic E-state index is 11.0. The average molecular weight is 322 g/mol. The van der Waals surface area contributed by atoms with Crippen LogP contribution >= 0.6 is 0 Å². The van der Waals surface area contributed by atoms with Gasteiger partial charge in [0.05, 0.1) is 6.42 Å². The van der Waals surface area contributed by atoms with E-state index in [1.165, 1.54) is 22.3 Å². The van der Waals surface area contributed by atoms with Gasteiger partial charge in [0.15, 0.2) is 0 Å². The molecular weight excluding hydrogens is 296 g/mol. The molecule has 0 saturated carbocycles. The molecule has 126 valence electrons. The number of hydrogen-bond acceptors (Lipinski definition) is 1. The van der Waals surface area contributed by atoms with E-state index in [2.05, 4.69) is 57.2 Å². The SMILES string of the molecule is C/C=C(/CC(=O)O)c1ccc(CCc2ccc(C)cc2C)cc1C. The first-order valence-corrected chi connectivity index (χ1v) is 8.43. The number of allylic oxidation sites excluding steroid dienone is 1. The van der Waals surface area contributed by atoms with E-state index in [1.54, 1.807) is 0 Å². The number of benzene rings is 2. The van der Waals surface area contributed by atoms with Gasteiger partial charge in [0.25, 0.3) is 0 Å². The van der Waals surface area contributed by atoms with Crippen molar-refractivity contribution in [1.29, 1.82) is 0 Å². The number of hydrogen-bond donors (Lipinski definition) is 1. The summed E-state index contributed by atoms with van der Waals surface area (Å²) in [5.41, 5.74) is 8.39. The molecule has 2 nitrogen and oxygen atoms in total. The zero-order valence-corrected chi connectivity index (χ0v) is 15.0. The van der Waals surface area contributed by atoms with Gasteiger partial charge in [-0.15, -0.1) is 0 Å². The van der Waals surface area contributed by atoms with Crippen LogP contribution in [0.15, 0.2) is 42.5 Å². The fourth-order valence-corrected chi connectivity index (χ4v) is 3.16. The first-order chi connectivity index (χ1) is 11.4. The van der Waals surface area contributed by atoms with Crippen molar-refractivity contribution < 1.29 is 9.90 Å². The van der Waals surface area contributed by atoms with Gasteiger partial charge < -0.3 is 5.11 Å². The second-order valence-corrected chi connectivity index (χ2v) is 6.46. The molecule has 0 aromatic heterocycles. The standard InChI is InChI=1S/C22H26O2/c1-5-19(14-22(23)24)21-11-8-18(13-17(21)4)7-10-20-9-6-15(2)12-16(20)3/h5-6,8-9,11-13H,7,10,14H2,1-4H3,(H,23,24)/b19-5-. The highest BCUT2D eigenvalue weighted by Gasteiger charge is 2.09. The Bertz CT molecular complexity index is 770. The average Bonchev–Trinajstić information content (AvgIpc) is 2.52. The molecule has 2 heteroatoms. The molecule has 0 amide bonds. The van der Waals surface area contributed by atoms with E-state index in [9.17, 15) is 4.79 Å². The summed E-state index contributed by atoms with van der Waals surface area (Å²) in [5.74, 6) is -0.790. The minimum absolute atomic E-state index is 0.0687. The maximum Gasteiger partial charge on any atom is 0.307 e. The van der Waals surface area contributed by atoms with Crippen LogP contribution < -0.4 is 0 Å². The van der Waals surface area contributed by atoms with Gasteiger partial charge in [0.2, 0.25) is 0 Å². The Morgan fingerprint density at radius 1 is 1.00 bits per heavy atom. The summed E-state index contributed by atoms with van der Waals surface area (Å²) in [6.45, 7) is 8.24. The van der Waals surface area contributed by atoms with E-state index in [1.807, 2.05) is 13.0 Å². The lowest BCUT2D eigenvalue weighted by molar-refractivity contribution is -0.135. The summed E-state index contributed by atoms with van der Waals surface area (Å²) >= 11 is 0. The van der Waals surface area contributed by atoms with Crippen LogP contribution in [0.25, 0.3) is 5.57 Å². The first kappa shape index (κ1) is 18.0. The topological polar surface area (TPSA) is 37.3 Å². The van der Waals surface area contributed by atoms with Crippen LogP contribution in [-0.4, -0.2) is 11.1 Å². The molecule has 0 spiro atoms. The molecule has 0 fully saturated rings. The lowest BCUT2D eigenvalue weighted by Crippen LogP contribution is -2.00. The van der Waals surface area contributed by atoms with Gasteiger partial charge in [-0.05, 0) is 73.9 Å². The number of carbonyl (C=O) groups is 1. The summed E-state index contributed by atoms with van der Waals surface area (Å²) in [6.07, 6.45) is 3.98. The van der Waals surface area contributed by atoms with Gasteiger partial charge in [-0.1, -0.05) is 48.0 Å². The Morgan fingerprint density at radius 2 is 1.75 bits per heavy atom. The minimum atomic E-state index is -0.790. The van der Waals surface area contributed by atoms with Gasteiger partial charge in [-0.25, -0.2) is 0 Å². The van der Waals surface area contributed by atoms with Crippen LogP contribution in [0.5, 0.6) is 0 Å². The van der Waals surface area contributed by atoms with E-state index in [4.69, 9.17) is 5.11 Å². The van der Waals surface area contributed by atoms with Gasteiger partial charge >= 0.3 is 5.97 Å². The van der Waals surface area contributed by atoms with Crippen molar-refractivity contribution in [1.82, 2.24) is 0 Å². The molecule has 0 aliphatic heterocycles. The summed E-state index contributed by atoms with van der Waals surface area (Å²) in [5, 5.41) is 9.04. The van der Waals surface area contributed by atoms with Crippen molar-refractivity contribution in [3.8, 4) is 0 Å². The second-order valence-electron chi connectivity index (χ2n) is 6.46. The highest BCUT2D eigenvalue weighted by Crippen LogP contribution is 2.24. The van der Waals surface area contributed by atoms with Crippen molar-refractivity contribution in [3.63, 3.8) is 0 Å². The molecule has 0 atom stereocenters. The van der Waals surface area contributed by atoms with Crippen molar-refractivity contribution in [2.75, 3.05) is 0 Å². The quantitative estimate of drug-likeness (QED) is 0.786. The molecule has 0 unspecified atom stereocenters. The third kappa shape index (κ3) is 4.58. The fraction of sp³-hybridized carbons (Fsp3) is 0.318. The zero-order valence-electron chi connectivity index (χ0n) is 15.0. The number of carboxylic acids is 1. The summed E-state index contributed by atoms with van der Waals surface area (Å²) in [4.78, 5) is 11.0. The fourth-order valence-electron chi connectivity index (χ4n) is 3.16. The van der Waals surface area contributed by atoms with Crippen LogP contribution in [0.3, 0.4) is 0 Å². The molecule has 0 heterocycles. The van der Waals surface area contributed by atoms with E-state index in [-0.39, 0.29) is 6.42 Å². The monoisotopic (exact) mass is 322 g/mol. The molecule has 2 rings (SSSR count). The van der Waals surface area contributed by atoms with Crippen molar-refractivity contribution in [2.45, 2.75) is 47.0 Å². The molecule has 0 bridgehead atoms. The van der Waals surface area contributed by atoms with Crippen LogP contribution in [0.1, 0.15) is 46.7 Å². The van der Waals surface area contributed by atoms with Crippen LogP contribution in [-0.2, 0) is 17.6 Å². The highest BCUT2D eigenvalue weighted by molar-refractivity contribution is 5.84. The van der Waals surface area contributed by atoms with Crippen LogP contribution in [0.4, 0.5) is 0 Å². The van der Waals surface area contributed by atoms with E-state index >= 15 is 0 Å². The third-order valence-electron chi connectivity index (χ3n) is 4.51. The van der Waals surface area contributed by atoms with Crippen molar-refractivity contribution in [3.05, 3.63) is 75.9 Å². The number of rotatable bonds is 6. The number of carboxylic acid groups (broad SMARTS) is 1. The minimum Gasteiger partial charge on any atom is -0.481 e. The maximum atomic E-state index is 11.0. The lowest BCUT2D eigenvalue weighted by atomic mass is 9.93. The smallest absolute Gasteiger partial charge is 0.307 e. The molecule has 2 aromatic carbocycles. The molecule has 0 aliphatic carbocycles. The van der Waals surface area contributed by atoms with E-state index < -0.39 is 5.97 Å². The second kappa shape index (κ2) is 7.96. The van der Waals surface area contributed by atoms with Gasteiger partial charge in [0, 0.05) is 0 Å². The number of aliphatic carboxylic acids is 1. The summed E-state index contributed by atoms with van der Waals surface area (Å²) in [7, 11) is 0. The van der Waals surface area contributed by atoms with Gasteiger partial charge in [0.1, 0.15) is 0 Å². The van der Waals surface area contributed by atoms with E-state index in [0.717, 1.165) is 29.5 Å². The Kier molecular flexibility index (Phi) is 5.97. The molecular formula is C22H26O2. The van der Waals surface area contributed by atoms with Crippen LogP contribution in [0.2, 0.25) is 0 Å². The van der Waals surface area contributed by atoms with Crippen LogP contribution in [0, 0.1) is 20.8 Å². The zero-order chi connectivity index (χ0) is 17.7. The van der Waals surface area contributed by atoms with Gasteiger partial charge in [-0.2, -0.15) is 0 Å². The molecule has 1 N–H and O–H groups in total. The van der Waals surface area contributed by atoms with Gasteiger partial charge in [-0.3, -0.25) is 4.79 Å². The Morgan fingerprint density at radius 3 is 2.33 bits per heavy atom. The molecule has 2 aromatic rings. The Labute approximate surface area is 144 Å². The Balaban J connectivity index is 2.13. The molecule has 0 saturated heterocycles. The summed E-state index contributed by atoms with van der Waals surface area (Å²) < 4.78 is 0. The molecule has 0 aliphatic rings. The van der Waals surface area contributed by atoms with Crippen molar-refractivity contribution in [2.24, 2.45) is 0 Å². The van der Waals surface area contributed by atoms with E-state index in [0.29, 0.717) is 0 Å². The molecule has 24 heavy (non-hydrogen) atoms. The highest BCUT2D eigenvalue weighted by atomic mass is 16.4. The lowest BCUT2D eigenvalue weighted by Gasteiger charge is -2.12. The predicted octanol–water partition coefficient (Wildman–Crippen LogP) is 5.28. The normalized spacial score (nSPS) is 11.6. The largest absolute Gasteiger partial charge is 0.481 e. The number of aryl methyl sites for hydroxylation is 5. The third-order valence-corrected chi connectivity index (χ3v) is 4.51. The summed E-state index contributed by atoms with van der Waals surface area (Å²) in [6, 6.07) is 13.0. The molecule has 0 radical (unpaired) electrons. The predicted molar refractivity (Wildman–Crippen MR) is 100 cm³/mol. The van der Waals surface area contributed by atoms with Crippen molar-refractivity contribution >= 4 is 11.5 Å². The Hall–Kier alpha value is -2.35.